The van der Waals surface area contributed by atoms with Crippen molar-refractivity contribution in [2.24, 2.45) is 0 Å². The maximum absolute atomic E-state index is 5.35. The van der Waals surface area contributed by atoms with Crippen LogP contribution in [0.15, 0.2) is 30.2 Å². The van der Waals surface area contributed by atoms with Crippen molar-refractivity contribution >= 4 is 11.9 Å². The number of piperazine rings is 1. The minimum absolute atomic E-state index is 0.878. The summed E-state index contributed by atoms with van der Waals surface area (Å²) in [6.45, 7) is 7.72. The van der Waals surface area contributed by atoms with E-state index in [9.17, 15) is 0 Å². The lowest BCUT2D eigenvalue weighted by molar-refractivity contribution is 0.270. The van der Waals surface area contributed by atoms with E-state index >= 15 is 0 Å². The van der Waals surface area contributed by atoms with Crippen molar-refractivity contribution < 1.29 is 4.74 Å². The standard InChI is InChI=1S/C17H23N3O/c1-3-19-10-12-20(13-11-19)17-16-7-6-15(21-2)5-4-14(16)8-9-18-17/h4-6,8-9H,3,7,10-13H2,1-2H3. The average molecular weight is 285 g/mol. The molecule has 0 unspecified atom stereocenters. The van der Waals surface area contributed by atoms with Crippen LogP contribution in [-0.4, -0.2) is 49.7 Å². The van der Waals surface area contributed by atoms with E-state index in [1.807, 2.05) is 12.3 Å². The molecule has 2 aliphatic rings. The number of methoxy groups -OCH3 is 1. The van der Waals surface area contributed by atoms with E-state index in [-0.39, 0.29) is 0 Å². The van der Waals surface area contributed by atoms with Gasteiger partial charge in [-0.2, -0.15) is 0 Å². The summed E-state index contributed by atoms with van der Waals surface area (Å²) in [6, 6.07) is 2.09. The lowest BCUT2D eigenvalue weighted by atomic mass is 10.1. The second-order valence-electron chi connectivity index (χ2n) is 5.47. The molecule has 0 radical (unpaired) electrons. The van der Waals surface area contributed by atoms with Crippen LogP contribution in [0, 0.1) is 0 Å². The number of aromatic nitrogens is 1. The van der Waals surface area contributed by atoms with Gasteiger partial charge in [0.05, 0.1) is 7.11 Å². The zero-order chi connectivity index (χ0) is 14.7. The highest BCUT2D eigenvalue weighted by atomic mass is 16.5. The zero-order valence-corrected chi connectivity index (χ0v) is 12.9. The normalized spacial score (nSPS) is 19.0. The number of ether oxygens (including phenoxy) is 1. The van der Waals surface area contributed by atoms with Crippen molar-refractivity contribution in [1.29, 1.82) is 0 Å². The zero-order valence-electron chi connectivity index (χ0n) is 12.9. The molecule has 0 N–H and O–H groups in total. The smallest absolute Gasteiger partial charge is 0.132 e. The molecule has 0 amide bonds. The number of fused-ring (bicyclic) bond motifs is 1. The van der Waals surface area contributed by atoms with Gasteiger partial charge in [-0.3, -0.25) is 0 Å². The fourth-order valence-electron chi connectivity index (χ4n) is 3.00. The van der Waals surface area contributed by atoms with Gasteiger partial charge < -0.3 is 14.5 Å². The molecule has 1 aromatic rings. The van der Waals surface area contributed by atoms with Gasteiger partial charge in [-0.1, -0.05) is 13.0 Å². The molecule has 0 atom stereocenters. The average Bonchev–Trinajstić information content (AvgIpc) is 2.77. The molecule has 21 heavy (non-hydrogen) atoms. The molecule has 112 valence electrons. The lowest BCUT2D eigenvalue weighted by Gasteiger charge is -2.35. The monoisotopic (exact) mass is 285 g/mol. The Morgan fingerprint density at radius 2 is 2.00 bits per heavy atom. The Morgan fingerprint density at radius 1 is 1.19 bits per heavy atom. The summed E-state index contributed by atoms with van der Waals surface area (Å²) in [5.74, 6) is 2.06. The van der Waals surface area contributed by atoms with E-state index in [1.165, 1.54) is 11.1 Å². The van der Waals surface area contributed by atoms with Gasteiger partial charge in [0.2, 0.25) is 0 Å². The molecular formula is C17H23N3O. The van der Waals surface area contributed by atoms with Crippen LogP contribution in [0.25, 0.3) is 6.08 Å². The molecule has 1 saturated heterocycles. The van der Waals surface area contributed by atoms with E-state index in [4.69, 9.17) is 4.74 Å². The van der Waals surface area contributed by atoms with E-state index in [0.29, 0.717) is 0 Å². The summed E-state index contributed by atoms with van der Waals surface area (Å²) in [5.41, 5.74) is 2.56. The Hall–Kier alpha value is -1.81. The first-order chi connectivity index (χ1) is 10.3. The molecule has 1 aliphatic heterocycles. The van der Waals surface area contributed by atoms with Crippen LogP contribution in [-0.2, 0) is 11.2 Å². The highest BCUT2D eigenvalue weighted by molar-refractivity contribution is 5.65. The summed E-state index contributed by atoms with van der Waals surface area (Å²) < 4.78 is 5.35. The molecule has 3 rings (SSSR count). The second-order valence-corrected chi connectivity index (χ2v) is 5.47. The number of nitrogens with zero attached hydrogens (tertiary/aromatic N) is 3. The highest BCUT2D eigenvalue weighted by Gasteiger charge is 2.20. The minimum atomic E-state index is 0.878. The van der Waals surface area contributed by atoms with Crippen molar-refractivity contribution in [1.82, 2.24) is 9.88 Å². The van der Waals surface area contributed by atoms with Crippen LogP contribution < -0.4 is 4.90 Å². The van der Waals surface area contributed by atoms with Crippen molar-refractivity contribution in [2.75, 3.05) is 44.7 Å². The molecule has 4 nitrogen and oxygen atoms in total. The fourth-order valence-corrected chi connectivity index (χ4v) is 3.00. The fraction of sp³-hybridized carbons (Fsp3) is 0.471. The molecule has 0 spiro atoms. The topological polar surface area (TPSA) is 28.6 Å². The summed E-state index contributed by atoms with van der Waals surface area (Å²) in [6.07, 6.45) is 9.09. The summed E-state index contributed by atoms with van der Waals surface area (Å²) in [5, 5.41) is 0. The number of pyridine rings is 1. The predicted octanol–water partition coefficient (Wildman–Crippen LogP) is 2.32. The first kappa shape index (κ1) is 14.1. The summed E-state index contributed by atoms with van der Waals surface area (Å²) in [7, 11) is 1.72. The van der Waals surface area contributed by atoms with Crippen molar-refractivity contribution in [2.45, 2.75) is 13.3 Å². The van der Waals surface area contributed by atoms with E-state index in [2.05, 4.69) is 39.9 Å². The first-order valence-corrected chi connectivity index (χ1v) is 7.69. The number of likely N-dealkylation sites (N-methyl/N-ethyl adjacent to an activating group) is 1. The molecule has 0 saturated carbocycles. The van der Waals surface area contributed by atoms with Gasteiger partial charge in [-0.25, -0.2) is 4.98 Å². The number of rotatable bonds is 3. The lowest BCUT2D eigenvalue weighted by Crippen LogP contribution is -2.46. The van der Waals surface area contributed by atoms with Crippen molar-refractivity contribution in [3.63, 3.8) is 0 Å². The molecule has 4 heteroatoms. The van der Waals surface area contributed by atoms with Gasteiger partial charge in [-0.15, -0.1) is 0 Å². The van der Waals surface area contributed by atoms with E-state index in [0.717, 1.165) is 50.7 Å². The maximum Gasteiger partial charge on any atom is 0.132 e. The molecular weight excluding hydrogens is 262 g/mol. The molecule has 1 fully saturated rings. The first-order valence-electron chi connectivity index (χ1n) is 7.69. The predicted molar refractivity (Wildman–Crippen MR) is 86.4 cm³/mol. The van der Waals surface area contributed by atoms with Crippen LogP contribution in [0.1, 0.15) is 18.1 Å². The molecule has 2 heterocycles. The molecule has 1 aliphatic carbocycles. The van der Waals surface area contributed by atoms with Crippen LogP contribution in [0.3, 0.4) is 0 Å². The summed E-state index contributed by atoms with van der Waals surface area (Å²) >= 11 is 0. The van der Waals surface area contributed by atoms with Crippen LogP contribution in [0.2, 0.25) is 0 Å². The Morgan fingerprint density at radius 3 is 2.71 bits per heavy atom. The number of anilines is 1. The third kappa shape index (κ3) is 2.95. The van der Waals surface area contributed by atoms with Gasteiger partial charge in [0.1, 0.15) is 11.6 Å². The van der Waals surface area contributed by atoms with Gasteiger partial charge in [0.25, 0.3) is 0 Å². The van der Waals surface area contributed by atoms with E-state index in [1.54, 1.807) is 7.11 Å². The Kier molecular flexibility index (Phi) is 4.25. The number of hydrogen-bond donors (Lipinski definition) is 0. The van der Waals surface area contributed by atoms with E-state index < -0.39 is 0 Å². The minimum Gasteiger partial charge on any atom is -0.497 e. The second kappa shape index (κ2) is 6.31. The Balaban J connectivity index is 1.86. The number of allylic oxidation sites excluding steroid dienone is 2. The van der Waals surface area contributed by atoms with Gasteiger partial charge >= 0.3 is 0 Å². The third-order valence-electron chi connectivity index (χ3n) is 4.36. The third-order valence-corrected chi connectivity index (χ3v) is 4.36. The van der Waals surface area contributed by atoms with Gasteiger partial charge in [0.15, 0.2) is 0 Å². The quantitative estimate of drug-likeness (QED) is 0.852. The SMILES string of the molecule is CCN1CCN(c2nccc3c2CC=C(OC)C=C3)CC1. The largest absolute Gasteiger partial charge is 0.497 e. The van der Waals surface area contributed by atoms with Crippen LogP contribution in [0.4, 0.5) is 5.82 Å². The Labute approximate surface area is 126 Å². The van der Waals surface area contributed by atoms with Crippen molar-refractivity contribution in [3.8, 4) is 0 Å². The molecule has 0 aromatic carbocycles. The highest BCUT2D eigenvalue weighted by Crippen LogP contribution is 2.27. The maximum atomic E-state index is 5.35. The van der Waals surface area contributed by atoms with Gasteiger partial charge in [-0.05, 0) is 36.7 Å². The Bertz CT molecular complexity index is 557. The molecule has 0 bridgehead atoms. The number of hydrogen-bond acceptors (Lipinski definition) is 4. The summed E-state index contributed by atoms with van der Waals surface area (Å²) in [4.78, 5) is 9.57. The van der Waals surface area contributed by atoms with Gasteiger partial charge in [0, 0.05) is 37.9 Å². The van der Waals surface area contributed by atoms with Crippen molar-refractivity contribution in [3.05, 3.63) is 41.3 Å². The molecule has 1 aromatic heterocycles. The van der Waals surface area contributed by atoms with Crippen LogP contribution in [0.5, 0.6) is 0 Å². The van der Waals surface area contributed by atoms with Crippen LogP contribution >= 0.6 is 0 Å².